The van der Waals surface area contributed by atoms with Crippen LogP contribution in [0, 0.1) is 14.9 Å². The zero-order valence-corrected chi connectivity index (χ0v) is 10.1. The molecule has 1 N–H and O–H groups in total. The number of nitriles is 1. The molecule has 0 spiro atoms. The molecule has 1 aromatic rings. The van der Waals surface area contributed by atoms with E-state index in [9.17, 15) is 9.90 Å². The van der Waals surface area contributed by atoms with Gasteiger partial charge >= 0.3 is 5.97 Å². The molecule has 0 saturated heterocycles. The maximum Gasteiger partial charge on any atom is 0.341 e. The zero-order chi connectivity index (χ0) is 11.4. The molecule has 0 atom stereocenters. The minimum atomic E-state index is -0.622. The Morgan fingerprint density at radius 2 is 2.33 bits per heavy atom. The summed E-state index contributed by atoms with van der Waals surface area (Å²) in [5.41, 5.74) is 0.366. The van der Waals surface area contributed by atoms with Gasteiger partial charge in [0.05, 0.1) is 12.2 Å². The molecular formula is C10H8INO3. The second-order valence-electron chi connectivity index (χ2n) is 2.68. The summed E-state index contributed by atoms with van der Waals surface area (Å²) in [4.78, 5) is 11.4. The van der Waals surface area contributed by atoms with E-state index in [1.807, 2.05) is 28.7 Å². The average Bonchev–Trinajstić information content (AvgIpc) is 2.18. The Hall–Kier alpha value is -1.29. The topological polar surface area (TPSA) is 70.3 Å². The van der Waals surface area contributed by atoms with Crippen molar-refractivity contribution in [3.8, 4) is 11.8 Å². The fraction of sp³-hybridized carbons (Fsp3) is 0.200. The van der Waals surface area contributed by atoms with Gasteiger partial charge in [0, 0.05) is 3.57 Å². The number of carbonyl (C=O) groups is 1. The molecule has 5 heteroatoms. The lowest BCUT2D eigenvalue weighted by Crippen LogP contribution is -2.05. The van der Waals surface area contributed by atoms with Crippen LogP contribution in [0.25, 0.3) is 0 Å². The van der Waals surface area contributed by atoms with Crippen molar-refractivity contribution in [3.05, 3.63) is 26.8 Å². The van der Waals surface area contributed by atoms with E-state index in [1.165, 1.54) is 12.1 Å². The first kappa shape index (κ1) is 11.8. The predicted octanol–water partition coefficient (Wildman–Crippen LogP) is 2.05. The Bertz CT molecular complexity index is 437. The van der Waals surface area contributed by atoms with Crippen molar-refractivity contribution in [2.75, 3.05) is 6.61 Å². The fourth-order valence-corrected chi connectivity index (χ4v) is 1.59. The molecule has 0 bridgehead atoms. The summed E-state index contributed by atoms with van der Waals surface area (Å²) in [6.45, 7) is 1.90. The number of phenols is 1. The van der Waals surface area contributed by atoms with Gasteiger partial charge in [-0.2, -0.15) is 5.26 Å². The minimum Gasteiger partial charge on any atom is -0.507 e. The first-order valence-corrected chi connectivity index (χ1v) is 5.27. The Kier molecular flexibility index (Phi) is 3.91. The Morgan fingerprint density at radius 3 is 2.87 bits per heavy atom. The van der Waals surface area contributed by atoms with Crippen LogP contribution in [0.1, 0.15) is 22.8 Å². The van der Waals surface area contributed by atoms with Gasteiger partial charge < -0.3 is 9.84 Å². The van der Waals surface area contributed by atoms with Gasteiger partial charge in [0.15, 0.2) is 0 Å². The van der Waals surface area contributed by atoms with Crippen molar-refractivity contribution in [2.24, 2.45) is 0 Å². The van der Waals surface area contributed by atoms with E-state index in [0.717, 1.165) is 0 Å². The van der Waals surface area contributed by atoms with Crippen LogP contribution in [0.2, 0.25) is 0 Å². The van der Waals surface area contributed by atoms with Gasteiger partial charge in [0.2, 0.25) is 0 Å². The molecular weight excluding hydrogens is 309 g/mol. The maximum absolute atomic E-state index is 11.4. The highest BCUT2D eigenvalue weighted by molar-refractivity contribution is 14.1. The monoisotopic (exact) mass is 317 g/mol. The number of phenolic OH excluding ortho intramolecular Hbond substituents is 1. The zero-order valence-electron chi connectivity index (χ0n) is 7.95. The smallest absolute Gasteiger partial charge is 0.341 e. The van der Waals surface area contributed by atoms with Crippen molar-refractivity contribution in [1.29, 1.82) is 5.26 Å². The van der Waals surface area contributed by atoms with Crippen LogP contribution in [0.4, 0.5) is 0 Å². The molecule has 0 heterocycles. The summed E-state index contributed by atoms with van der Waals surface area (Å²) < 4.78 is 5.34. The molecule has 0 fully saturated rings. The highest BCUT2D eigenvalue weighted by Crippen LogP contribution is 2.24. The Morgan fingerprint density at radius 1 is 1.67 bits per heavy atom. The normalized spacial score (nSPS) is 9.40. The number of benzene rings is 1. The van der Waals surface area contributed by atoms with Gasteiger partial charge in [0.25, 0.3) is 0 Å². The van der Waals surface area contributed by atoms with Crippen LogP contribution in [0.3, 0.4) is 0 Å². The summed E-state index contributed by atoms with van der Waals surface area (Å²) in [5, 5.41) is 18.3. The van der Waals surface area contributed by atoms with E-state index in [1.54, 1.807) is 6.92 Å². The van der Waals surface area contributed by atoms with E-state index >= 15 is 0 Å². The Labute approximate surface area is 101 Å². The maximum atomic E-state index is 11.4. The molecule has 0 aliphatic rings. The largest absolute Gasteiger partial charge is 0.507 e. The number of nitrogens with zero attached hydrogens (tertiary/aromatic N) is 1. The second kappa shape index (κ2) is 4.98. The quantitative estimate of drug-likeness (QED) is 0.669. The van der Waals surface area contributed by atoms with Crippen molar-refractivity contribution in [1.82, 2.24) is 0 Å². The molecule has 1 aromatic carbocycles. The van der Waals surface area contributed by atoms with Gasteiger partial charge in [-0.05, 0) is 41.6 Å². The second-order valence-corrected chi connectivity index (χ2v) is 3.84. The van der Waals surface area contributed by atoms with E-state index in [4.69, 9.17) is 10.00 Å². The molecule has 0 aromatic heterocycles. The summed E-state index contributed by atoms with van der Waals surface area (Å²) in [7, 11) is 0. The van der Waals surface area contributed by atoms with Gasteiger partial charge in [-0.25, -0.2) is 4.79 Å². The molecule has 15 heavy (non-hydrogen) atoms. The number of halogens is 1. The molecule has 0 amide bonds. The molecule has 1 rings (SSSR count). The van der Waals surface area contributed by atoms with Crippen LogP contribution in [-0.2, 0) is 4.74 Å². The van der Waals surface area contributed by atoms with Crippen LogP contribution in [-0.4, -0.2) is 17.7 Å². The highest BCUT2D eigenvalue weighted by Gasteiger charge is 2.15. The number of hydrogen-bond donors (Lipinski definition) is 1. The van der Waals surface area contributed by atoms with E-state index in [0.29, 0.717) is 9.13 Å². The van der Waals surface area contributed by atoms with E-state index in [2.05, 4.69) is 0 Å². The predicted molar refractivity (Wildman–Crippen MR) is 61.5 cm³/mol. The van der Waals surface area contributed by atoms with Crippen LogP contribution in [0.15, 0.2) is 12.1 Å². The molecule has 0 aliphatic heterocycles. The molecule has 78 valence electrons. The first-order valence-electron chi connectivity index (χ1n) is 4.19. The standard InChI is InChI=1S/C10H8INO3/c1-2-15-10(14)7-3-6(5-12)8(11)4-9(7)13/h3-4,13H,2H2,1H3. The third kappa shape index (κ3) is 2.59. The average molecular weight is 317 g/mol. The van der Waals surface area contributed by atoms with Gasteiger partial charge in [0.1, 0.15) is 17.4 Å². The fourth-order valence-electron chi connectivity index (χ4n) is 1.02. The van der Waals surface area contributed by atoms with Gasteiger partial charge in [-0.15, -0.1) is 0 Å². The third-order valence-electron chi connectivity index (χ3n) is 1.70. The Balaban J connectivity index is 3.20. The number of aromatic hydroxyl groups is 1. The van der Waals surface area contributed by atoms with E-state index < -0.39 is 5.97 Å². The number of esters is 1. The molecule has 0 radical (unpaired) electrons. The van der Waals surface area contributed by atoms with Crippen LogP contribution in [0.5, 0.6) is 5.75 Å². The third-order valence-corrected chi connectivity index (χ3v) is 2.59. The van der Waals surface area contributed by atoms with Crippen molar-refractivity contribution in [3.63, 3.8) is 0 Å². The van der Waals surface area contributed by atoms with Crippen molar-refractivity contribution < 1.29 is 14.6 Å². The lowest BCUT2D eigenvalue weighted by molar-refractivity contribution is 0.0523. The lowest BCUT2D eigenvalue weighted by atomic mass is 10.1. The van der Waals surface area contributed by atoms with Crippen LogP contribution >= 0.6 is 22.6 Å². The number of rotatable bonds is 2. The van der Waals surface area contributed by atoms with Crippen molar-refractivity contribution in [2.45, 2.75) is 6.92 Å². The minimum absolute atomic E-state index is 0.0221. The van der Waals surface area contributed by atoms with Gasteiger partial charge in [-0.3, -0.25) is 0 Å². The SMILES string of the molecule is CCOC(=O)c1cc(C#N)c(I)cc1O. The summed E-state index contributed by atoms with van der Waals surface area (Å²) in [5.74, 6) is -0.792. The molecule has 0 saturated carbocycles. The first-order chi connectivity index (χ1) is 7.10. The molecule has 0 unspecified atom stereocenters. The summed E-state index contributed by atoms with van der Waals surface area (Å²) >= 11 is 1.91. The summed E-state index contributed by atoms with van der Waals surface area (Å²) in [6.07, 6.45) is 0. The van der Waals surface area contributed by atoms with Gasteiger partial charge in [-0.1, -0.05) is 0 Å². The number of hydrogen-bond acceptors (Lipinski definition) is 4. The van der Waals surface area contributed by atoms with Crippen molar-refractivity contribution >= 4 is 28.6 Å². The number of ether oxygens (including phenoxy) is 1. The van der Waals surface area contributed by atoms with Crippen LogP contribution < -0.4 is 0 Å². The highest BCUT2D eigenvalue weighted by atomic mass is 127. The molecule has 4 nitrogen and oxygen atoms in total. The van der Waals surface area contributed by atoms with E-state index in [-0.39, 0.29) is 17.9 Å². The summed E-state index contributed by atoms with van der Waals surface area (Å²) in [6, 6.07) is 4.63. The molecule has 0 aliphatic carbocycles. The number of carbonyl (C=O) groups excluding carboxylic acids is 1. The lowest BCUT2D eigenvalue weighted by Gasteiger charge is -2.05.